The van der Waals surface area contributed by atoms with E-state index in [0.29, 0.717) is 29.8 Å². The Hall–Kier alpha value is -2.91. The van der Waals surface area contributed by atoms with Crippen molar-refractivity contribution >= 4 is 21.8 Å². The van der Waals surface area contributed by atoms with Crippen LogP contribution < -0.4 is 14.8 Å². The van der Waals surface area contributed by atoms with Crippen molar-refractivity contribution in [3.05, 3.63) is 58.4 Å². The van der Waals surface area contributed by atoms with E-state index in [9.17, 15) is 4.79 Å². The van der Waals surface area contributed by atoms with E-state index in [0.717, 1.165) is 48.0 Å². The van der Waals surface area contributed by atoms with Crippen LogP contribution in [0.5, 0.6) is 11.5 Å². The van der Waals surface area contributed by atoms with E-state index in [1.54, 1.807) is 14.2 Å². The number of rotatable bonds is 9. The fourth-order valence-electron chi connectivity index (χ4n) is 4.39. The Bertz CT molecular complexity index is 1140. The Morgan fingerprint density at radius 3 is 2.63 bits per heavy atom. The van der Waals surface area contributed by atoms with Crippen LogP contribution in [-0.2, 0) is 11.3 Å². The van der Waals surface area contributed by atoms with Crippen LogP contribution >= 0.6 is 15.9 Å². The largest absolute Gasteiger partial charge is 0.493 e. The molecule has 8 nitrogen and oxygen atoms in total. The standard InChI is InChI=1S/C26H31BrN4O4/c1-4-21(18-8-9-22(33-2)23(15-18)34-3)28-26(32)17-10-12-31(13-11-17)16-24-29-25(30-35-24)19-6-5-7-20(27)14-19/h5-9,14-15,17,21H,4,10-13,16H2,1-3H3,(H,28,32). The molecule has 0 radical (unpaired) electrons. The zero-order chi connectivity index (χ0) is 24.8. The highest BCUT2D eigenvalue weighted by Gasteiger charge is 2.27. The fraction of sp³-hybridized carbons (Fsp3) is 0.423. The van der Waals surface area contributed by atoms with Crippen LogP contribution in [0.3, 0.4) is 0 Å². The Morgan fingerprint density at radius 2 is 1.94 bits per heavy atom. The van der Waals surface area contributed by atoms with Gasteiger partial charge in [0.05, 0.1) is 26.8 Å². The Balaban J connectivity index is 1.30. The molecule has 1 aromatic heterocycles. The molecular formula is C26H31BrN4O4. The molecule has 3 aromatic rings. The summed E-state index contributed by atoms with van der Waals surface area (Å²) in [6, 6.07) is 13.5. The number of nitrogens with one attached hydrogen (secondary N) is 1. The van der Waals surface area contributed by atoms with Gasteiger partial charge in [0, 0.05) is 16.0 Å². The van der Waals surface area contributed by atoms with Crippen LogP contribution in [0.2, 0.25) is 0 Å². The molecule has 0 saturated carbocycles. The first kappa shape index (κ1) is 25.2. The lowest BCUT2D eigenvalue weighted by Crippen LogP contribution is -2.41. The highest BCUT2D eigenvalue weighted by atomic mass is 79.9. The molecule has 1 aliphatic heterocycles. The minimum atomic E-state index is -0.0739. The molecule has 0 aliphatic carbocycles. The van der Waals surface area contributed by atoms with Crippen molar-refractivity contribution in [2.24, 2.45) is 5.92 Å². The van der Waals surface area contributed by atoms with Gasteiger partial charge in [-0.05, 0) is 62.2 Å². The van der Waals surface area contributed by atoms with Crippen LogP contribution in [-0.4, -0.2) is 48.3 Å². The van der Waals surface area contributed by atoms with E-state index >= 15 is 0 Å². The SMILES string of the molecule is CCC(NC(=O)C1CCN(Cc2nc(-c3cccc(Br)c3)no2)CC1)c1ccc(OC)c(OC)c1. The second kappa shape index (κ2) is 11.7. The number of methoxy groups -OCH3 is 2. The van der Waals surface area contributed by atoms with E-state index in [4.69, 9.17) is 14.0 Å². The lowest BCUT2D eigenvalue weighted by atomic mass is 9.94. The summed E-state index contributed by atoms with van der Waals surface area (Å²) in [5.74, 6) is 2.59. The van der Waals surface area contributed by atoms with Crippen LogP contribution in [0, 0.1) is 5.92 Å². The fourth-order valence-corrected chi connectivity index (χ4v) is 4.79. The van der Waals surface area contributed by atoms with Gasteiger partial charge < -0.3 is 19.3 Å². The van der Waals surface area contributed by atoms with E-state index in [1.165, 1.54) is 0 Å². The lowest BCUT2D eigenvalue weighted by Gasteiger charge is -2.31. The predicted molar refractivity (Wildman–Crippen MR) is 136 cm³/mol. The van der Waals surface area contributed by atoms with Gasteiger partial charge in [-0.15, -0.1) is 0 Å². The highest BCUT2D eigenvalue weighted by molar-refractivity contribution is 9.10. The number of halogens is 1. The summed E-state index contributed by atoms with van der Waals surface area (Å²) < 4.78 is 17.2. The minimum absolute atomic E-state index is 0.0136. The average molecular weight is 543 g/mol. The molecule has 1 unspecified atom stereocenters. The van der Waals surface area contributed by atoms with Crippen molar-refractivity contribution in [2.45, 2.75) is 38.8 Å². The first-order valence-electron chi connectivity index (χ1n) is 11.8. The first-order chi connectivity index (χ1) is 17.0. The number of carbonyl (C=O) groups is 1. The Morgan fingerprint density at radius 1 is 1.17 bits per heavy atom. The number of likely N-dealkylation sites (tertiary alicyclic amines) is 1. The molecule has 1 saturated heterocycles. The Kier molecular flexibility index (Phi) is 8.41. The van der Waals surface area contributed by atoms with Gasteiger partial charge >= 0.3 is 0 Å². The maximum absolute atomic E-state index is 13.0. The second-order valence-electron chi connectivity index (χ2n) is 8.66. The van der Waals surface area contributed by atoms with Gasteiger partial charge in [-0.25, -0.2) is 0 Å². The van der Waals surface area contributed by atoms with Crippen molar-refractivity contribution in [3.8, 4) is 22.9 Å². The molecule has 1 atom stereocenters. The van der Waals surface area contributed by atoms with Gasteiger partial charge in [0.15, 0.2) is 11.5 Å². The summed E-state index contributed by atoms with van der Waals surface area (Å²) in [4.78, 5) is 19.8. The normalized spacial score (nSPS) is 15.5. The van der Waals surface area contributed by atoms with Crippen molar-refractivity contribution in [1.29, 1.82) is 0 Å². The molecule has 2 heterocycles. The molecule has 1 aliphatic rings. The third-order valence-electron chi connectivity index (χ3n) is 6.40. The van der Waals surface area contributed by atoms with Crippen LogP contribution in [0.15, 0.2) is 51.5 Å². The van der Waals surface area contributed by atoms with E-state index in [1.807, 2.05) is 42.5 Å². The van der Waals surface area contributed by atoms with Crippen LogP contribution in [0.4, 0.5) is 0 Å². The van der Waals surface area contributed by atoms with E-state index in [2.05, 4.69) is 43.2 Å². The maximum atomic E-state index is 13.0. The predicted octanol–water partition coefficient (Wildman–Crippen LogP) is 5.00. The van der Waals surface area contributed by atoms with Gasteiger partial charge in [-0.2, -0.15) is 4.98 Å². The number of ether oxygens (including phenoxy) is 2. The number of piperidine rings is 1. The first-order valence-corrected chi connectivity index (χ1v) is 12.6. The van der Waals surface area contributed by atoms with Gasteiger partial charge in [0.1, 0.15) is 0 Å². The molecule has 35 heavy (non-hydrogen) atoms. The smallest absolute Gasteiger partial charge is 0.241 e. The zero-order valence-corrected chi connectivity index (χ0v) is 21.9. The van der Waals surface area contributed by atoms with Gasteiger partial charge in [-0.1, -0.05) is 46.2 Å². The summed E-state index contributed by atoms with van der Waals surface area (Å²) in [6.07, 6.45) is 2.37. The second-order valence-corrected chi connectivity index (χ2v) is 9.57. The third-order valence-corrected chi connectivity index (χ3v) is 6.90. The summed E-state index contributed by atoms with van der Waals surface area (Å²) in [5.41, 5.74) is 1.92. The number of amides is 1. The van der Waals surface area contributed by atoms with Crippen LogP contribution in [0.25, 0.3) is 11.4 Å². The number of hydrogen-bond donors (Lipinski definition) is 1. The zero-order valence-electron chi connectivity index (χ0n) is 20.3. The van der Waals surface area contributed by atoms with E-state index in [-0.39, 0.29) is 17.9 Å². The summed E-state index contributed by atoms with van der Waals surface area (Å²) in [6.45, 7) is 4.26. The lowest BCUT2D eigenvalue weighted by molar-refractivity contribution is -0.127. The molecule has 0 spiro atoms. The van der Waals surface area contributed by atoms with E-state index < -0.39 is 0 Å². The van der Waals surface area contributed by atoms with Crippen molar-refractivity contribution < 1.29 is 18.8 Å². The molecule has 9 heteroatoms. The molecule has 186 valence electrons. The molecule has 1 fully saturated rings. The Labute approximate surface area is 214 Å². The molecule has 2 aromatic carbocycles. The monoisotopic (exact) mass is 542 g/mol. The molecule has 1 amide bonds. The number of nitrogens with zero attached hydrogens (tertiary/aromatic N) is 3. The molecule has 4 rings (SSSR count). The number of aromatic nitrogens is 2. The highest BCUT2D eigenvalue weighted by Crippen LogP contribution is 2.31. The van der Waals surface area contributed by atoms with Gasteiger partial charge in [0.2, 0.25) is 17.6 Å². The maximum Gasteiger partial charge on any atom is 0.241 e. The van der Waals surface area contributed by atoms with Crippen LogP contribution in [0.1, 0.15) is 43.7 Å². The van der Waals surface area contributed by atoms with Crippen molar-refractivity contribution in [2.75, 3.05) is 27.3 Å². The average Bonchev–Trinajstić information content (AvgIpc) is 3.35. The quantitative estimate of drug-likeness (QED) is 0.407. The van der Waals surface area contributed by atoms with Crippen molar-refractivity contribution in [1.82, 2.24) is 20.4 Å². The number of carbonyl (C=O) groups excluding carboxylic acids is 1. The summed E-state index contributed by atoms with van der Waals surface area (Å²) in [5, 5.41) is 7.35. The summed E-state index contributed by atoms with van der Waals surface area (Å²) >= 11 is 3.47. The third kappa shape index (κ3) is 6.21. The molecular weight excluding hydrogens is 512 g/mol. The van der Waals surface area contributed by atoms with Gasteiger partial charge in [0.25, 0.3) is 0 Å². The molecule has 1 N–H and O–H groups in total. The minimum Gasteiger partial charge on any atom is -0.493 e. The molecule has 0 bridgehead atoms. The van der Waals surface area contributed by atoms with Gasteiger partial charge in [-0.3, -0.25) is 9.69 Å². The number of hydrogen-bond acceptors (Lipinski definition) is 7. The van der Waals surface area contributed by atoms with Crippen molar-refractivity contribution in [3.63, 3.8) is 0 Å². The number of benzene rings is 2. The summed E-state index contributed by atoms with van der Waals surface area (Å²) in [7, 11) is 3.23. The topological polar surface area (TPSA) is 89.7 Å².